The molecular formula is C29H47NO2S. The van der Waals surface area contributed by atoms with E-state index in [0.717, 1.165) is 61.2 Å². The number of ketones is 2. The minimum absolute atomic E-state index is 0.0897. The van der Waals surface area contributed by atoms with Crippen LogP contribution >= 0.6 is 11.8 Å². The SMILES string of the molecule is C=C(S/C(=C\CCC)C(C)=O)C(C)[C@H](C)CCC(=O)C(/C=C(\C)CCCC)=N\C=C\CCC. The third kappa shape index (κ3) is 14.2. The lowest BCUT2D eigenvalue weighted by molar-refractivity contribution is -0.113. The molecule has 0 aromatic heterocycles. The summed E-state index contributed by atoms with van der Waals surface area (Å²) in [5.41, 5.74) is 1.76. The first-order valence-corrected chi connectivity index (χ1v) is 13.5. The van der Waals surface area contributed by atoms with E-state index >= 15 is 0 Å². The highest BCUT2D eigenvalue weighted by Crippen LogP contribution is 2.35. The Morgan fingerprint density at radius 3 is 2.24 bits per heavy atom. The van der Waals surface area contributed by atoms with Crippen molar-refractivity contribution in [2.24, 2.45) is 16.8 Å². The predicted octanol–water partition coefficient (Wildman–Crippen LogP) is 9.02. The van der Waals surface area contributed by atoms with E-state index in [1.54, 1.807) is 13.1 Å². The number of Topliss-reactive ketones (excluding diaryl/α,β-unsaturated/α-hetero) is 2. The zero-order valence-corrected chi connectivity index (χ0v) is 23.0. The molecule has 0 saturated heterocycles. The molecule has 186 valence electrons. The van der Waals surface area contributed by atoms with E-state index in [-0.39, 0.29) is 23.4 Å². The van der Waals surface area contributed by atoms with Gasteiger partial charge in [-0.15, -0.1) is 0 Å². The van der Waals surface area contributed by atoms with Crippen molar-refractivity contribution in [1.29, 1.82) is 0 Å². The monoisotopic (exact) mass is 473 g/mol. The highest BCUT2D eigenvalue weighted by atomic mass is 32.2. The van der Waals surface area contributed by atoms with Crippen LogP contribution in [0.3, 0.4) is 0 Å². The predicted molar refractivity (Wildman–Crippen MR) is 148 cm³/mol. The van der Waals surface area contributed by atoms with Crippen LogP contribution in [0.25, 0.3) is 0 Å². The van der Waals surface area contributed by atoms with Crippen LogP contribution in [-0.2, 0) is 9.59 Å². The zero-order chi connectivity index (χ0) is 25.2. The van der Waals surface area contributed by atoms with E-state index in [9.17, 15) is 9.59 Å². The molecule has 0 N–H and O–H groups in total. The number of carbonyl (C=O) groups is 2. The van der Waals surface area contributed by atoms with E-state index in [1.807, 2.05) is 18.2 Å². The topological polar surface area (TPSA) is 46.5 Å². The average Bonchev–Trinajstić information content (AvgIpc) is 2.79. The number of carbonyl (C=O) groups excluding carboxylic acids is 2. The Balaban J connectivity index is 5.16. The van der Waals surface area contributed by atoms with E-state index in [1.165, 1.54) is 17.3 Å². The quantitative estimate of drug-likeness (QED) is 0.147. The largest absolute Gasteiger partial charge is 0.294 e. The van der Waals surface area contributed by atoms with Gasteiger partial charge in [-0.05, 0) is 68.8 Å². The summed E-state index contributed by atoms with van der Waals surface area (Å²) >= 11 is 1.49. The Morgan fingerprint density at radius 1 is 1.00 bits per heavy atom. The van der Waals surface area contributed by atoms with Gasteiger partial charge in [0.05, 0.1) is 4.91 Å². The number of hydrogen-bond acceptors (Lipinski definition) is 4. The maximum absolute atomic E-state index is 13.0. The zero-order valence-electron chi connectivity index (χ0n) is 22.2. The van der Waals surface area contributed by atoms with Gasteiger partial charge >= 0.3 is 0 Å². The van der Waals surface area contributed by atoms with Gasteiger partial charge in [-0.2, -0.15) is 0 Å². The number of hydrogen-bond donors (Lipinski definition) is 0. The highest BCUT2D eigenvalue weighted by Gasteiger charge is 2.20. The lowest BCUT2D eigenvalue weighted by Crippen LogP contribution is -2.16. The van der Waals surface area contributed by atoms with Crippen LogP contribution in [0.5, 0.6) is 0 Å². The van der Waals surface area contributed by atoms with Crippen molar-refractivity contribution >= 4 is 29.0 Å². The van der Waals surface area contributed by atoms with E-state index in [4.69, 9.17) is 0 Å². The molecule has 0 radical (unpaired) electrons. The van der Waals surface area contributed by atoms with Gasteiger partial charge in [0, 0.05) is 12.6 Å². The Bertz CT molecular complexity index is 743. The third-order valence-corrected chi connectivity index (χ3v) is 7.07. The van der Waals surface area contributed by atoms with Crippen LogP contribution in [0.15, 0.2) is 51.4 Å². The van der Waals surface area contributed by atoms with Crippen LogP contribution in [-0.4, -0.2) is 17.3 Å². The molecule has 0 amide bonds. The van der Waals surface area contributed by atoms with Crippen molar-refractivity contribution < 1.29 is 9.59 Å². The summed E-state index contributed by atoms with van der Waals surface area (Å²) in [6.45, 7) is 18.6. The Morgan fingerprint density at radius 2 is 1.67 bits per heavy atom. The van der Waals surface area contributed by atoms with Gasteiger partial charge in [0.25, 0.3) is 0 Å². The lowest BCUT2D eigenvalue weighted by atomic mass is 9.90. The van der Waals surface area contributed by atoms with Gasteiger partial charge in [0.1, 0.15) is 5.71 Å². The number of aliphatic imine (C=N–C) groups is 1. The average molecular weight is 474 g/mol. The molecule has 0 aromatic carbocycles. The number of nitrogens with zero attached hydrogens (tertiary/aromatic N) is 1. The van der Waals surface area contributed by atoms with Crippen LogP contribution in [0, 0.1) is 11.8 Å². The molecule has 3 nitrogen and oxygen atoms in total. The summed E-state index contributed by atoms with van der Waals surface area (Å²) in [5.74, 6) is 0.678. The first-order chi connectivity index (χ1) is 15.7. The van der Waals surface area contributed by atoms with Crippen LogP contribution in [0.1, 0.15) is 106 Å². The fraction of sp³-hybridized carbons (Fsp3) is 0.621. The summed E-state index contributed by atoms with van der Waals surface area (Å²) in [6, 6.07) is 0. The number of thioether (sulfide) groups is 1. The molecule has 0 aliphatic carbocycles. The number of unbranched alkanes of at least 4 members (excludes halogenated alkanes) is 3. The van der Waals surface area contributed by atoms with E-state index in [2.05, 4.69) is 53.1 Å². The minimum Gasteiger partial charge on any atom is -0.294 e. The van der Waals surface area contributed by atoms with Gasteiger partial charge in [0.2, 0.25) is 0 Å². The molecule has 0 aliphatic rings. The first kappa shape index (κ1) is 31.3. The Labute approximate surface area is 208 Å². The summed E-state index contributed by atoms with van der Waals surface area (Å²) in [7, 11) is 0. The molecule has 0 aliphatic heterocycles. The molecule has 1 unspecified atom stereocenters. The molecule has 0 aromatic rings. The normalized spacial score (nSPS) is 15.1. The van der Waals surface area contributed by atoms with Crippen molar-refractivity contribution in [1.82, 2.24) is 0 Å². The van der Waals surface area contributed by atoms with Gasteiger partial charge in [-0.3, -0.25) is 14.6 Å². The van der Waals surface area contributed by atoms with Gasteiger partial charge in [-0.1, -0.05) is 89.9 Å². The van der Waals surface area contributed by atoms with Gasteiger partial charge in [0.15, 0.2) is 11.6 Å². The molecule has 0 saturated carbocycles. The van der Waals surface area contributed by atoms with Crippen molar-refractivity contribution in [3.8, 4) is 0 Å². The van der Waals surface area contributed by atoms with Gasteiger partial charge in [-0.25, -0.2) is 0 Å². The van der Waals surface area contributed by atoms with Crippen LogP contribution < -0.4 is 0 Å². The maximum Gasteiger partial charge on any atom is 0.181 e. The Kier molecular flexibility index (Phi) is 17.8. The molecule has 0 spiro atoms. The van der Waals surface area contributed by atoms with Crippen molar-refractivity contribution in [2.75, 3.05) is 0 Å². The standard InChI is InChI=1S/C29H47NO2S/c1-9-12-15-20-30-27(21-22(4)16-13-10-2)28(32)19-18-23(5)24(6)26(8)33-29(25(7)31)17-14-11-3/h15,17,20-21,23-24H,8-14,16,18-19H2,1-7H3/b20-15+,22-21+,29-17-,30-27-/t23-,24?/m1/s1. The smallest absolute Gasteiger partial charge is 0.181 e. The van der Waals surface area contributed by atoms with Crippen LogP contribution in [0.4, 0.5) is 0 Å². The fourth-order valence-electron chi connectivity index (χ4n) is 3.15. The summed E-state index contributed by atoms with van der Waals surface area (Å²) < 4.78 is 0. The van der Waals surface area contributed by atoms with Crippen LogP contribution in [0.2, 0.25) is 0 Å². The lowest BCUT2D eigenvalue weighted by Gasteiger charge is -2.22. The molecule has 4 heteroatoms. The number of rotatable bonds is 18. The van der Waals surface area contributed by atoms with Gasteiger partial charge < -0.3 is 0 Å². The number of allylic oxidation sites excluding steroid dienone is 6. The fourth-order valence-corrected chi connectivity index (χ4v) is 4.19. The summed E-state index contributed by atoms with van der Waals surface area (Å²) in [6.07, 6.45) is 16.2. The second-order valence-electron chi connectivity index (χ2n) is 8.99. The molecule has 0 rings (SSSR count). The maximum atomic E-state index is 13.0. The second-order valence-corrected chi connectivity index (χ2v) is 10.2. The molecule has 33 heavy (non-hydrogen) atoms. The Hall–Kier alpha value is -1.68. The minimum atomic E-state index is 0.0897. The molecule has 0 bridgehead atoms. The molecule has 2 atom stereocenters. The van der Waals surface area contributed by atoms with E-state index in [0.29, 0.717) is 12.1 Å². The molecular weight excluding hydrogens is 426 g/mol. The summed E-state index contributed by atoms with van der Waals surface area (Å²) in [5, 5.41) is 0. The summed E-state index contributed by atoms with van der Waals surface area (Å²) in [4.78, 5) is 31.2. The molecule has 0 fully saturated rings. The van der Waals surface area contributed by atoms with E-state index < -0.39 is 0 Å². The highest BCUT2D eigenvalue weighted by molar-refractivity contribution is 8.07. The van der Waals surface area contributed by atoms with Crippen molar-refractivity contribution in [2.45, 2.75) is 106 Å². The van der Waals surface area contributed by atoms with Crippen molar-refractivity contribution in [3.63, 3.8) is 0 Å². The second kappa shape index (κ2) is 18.7. The first-order valence-electron chi connectivity index (χ1n) is 12.7. The molecule has 0 heterocycles. The van der Waals surface area contributed by atoms with Crippen molar-refractivity contribution in [3.05, 3.63) is 46.4 Å². The third-order valence-electron chi connectivity index (χ3n) is 5.76.